The Hall–Kier alpha value is -0.600. The molecule has 1 N–H and O–H groups in total. The standard InChI is InChI=1S/C14H21ClFN/c1-4-14(5-2,10-17-3)9-11-6-7-12(15)13(16)8-11/h6-8,17H,4-5,9-10H2,1-3H3. The van der Waals surface area contributed by atoms with Gasteiger partial charge in [0.1, 0.15) is 5.82 Å². The zero-order valence-electron chi connectivity index (χ0n) is 10.8. The maximum atomic E-state index is 13.4. The minimum atomic E-state index is -0.324. The summed E-state index contributed by atoms with van der Waals surface area (Å²) in [5.74, 6) is -0.324. The van der Waals surface area contributed by atoms with Gasteiger partial charge in [-0.2, -0.15) is 0 Å². The first-order valence-corrected chi connectivity index (χ1v) is 6.53. The summed E-state index contributed by atoms with van der Waals surface area (Å²) in [6.07, 6.45) is 3.04. The van der Waals surface area contributed by atoms with Crippen LogP contribution in [0.4, 0.5) is 4.39 Å². The van der Waals surface area contributed by atoms with Crippen molar-refractivity contribution in [3.05, 3.63) is 34.6 Å². The third-order valence-corrected chi connectivity index (χ3v) is 3.92. The van der Waals surface area contributed by atoms with Crippen molar-refractivity contribution in [1.29, 1.82) is 0 Å². The quantitative estimate of drug-likeness (QED) is 0.811. The van der Waals surface area contributed by atoms with Crippen LogP contribution in [0, 0.1) is 11.2 Å². The van der Waals surface area contributed by atoms with Crippen LogP contribution in [0.2, 0.25) is 5.02 Å². The zero-order valence-corrected chi connectivity index (χ0v) is 11.6. The van der Waals surface area contributed by atoms with E-state index in [0.717, 1.165) is 31.4 Å². The van der Waals surface area contributed by atoms with Gasteiger partial charge in [-0.15, -0.1) is 0 Å². The summed E-state index contributed by atoms with van der Waals surface area (Å²) in [6.45, 7) is 5.32. The largest absolute Gasteiger partial charge is 0.319 e. The van der Waals surface area contributed by atoms with Gasteiger partial charge in [0.15, 0.2) is 0 Å². The van der Waals surface area contributed by atoms with Gasteiger partial charge in [0.2, 0.25) is 0 Å². The maximum Gasteiger partial charge on any atom is 0.142 e. The minimum Gasteiger partial charge on any atom is -0.319 e. The van der Waals surface area contributed by atoms with E-state index in [-0.39, 0.29) is 16.3 Å². The van der Waals surface area contributed by atoms with E-state index in [1.54, 1.807) is 12.1 Å². The van der Waals surface area contributed by atoms with Crippen molar-refractivity contribution in [3.8, 4) is 0 Å². The predicted octanol–water partition coefficient (Wildman–Crippen LogP) is 4.05. The highest BCUT2D eigenvalue weighted by atomic mass is 35.5. The van der Waals surface area contributed by atoms with Crippen LogP contribution in [0.1, 0.15) is 32.3 Å². The Kier molecular flexibility index (Phi) is 5.41. The van der Waals surface area contributed by atoms with Gasteiger partial charge in [-0.1, -0.05) is 31.5 Å². The lowest BCUT2D eigenvalue weighted by atomic mass is 9.77. The number of hydrogen-bond acceptors (Lipinski definition) is 1. The van der Waals surface area contributed by atoms with E-state index in [9.17, 15) is 4.39 Å². The molecule has 0 atom stereocenters. The summed E-state index contributed by atoms with van der Waals surface area (Å²) in [4.78, 5) is 0. The van der Waals surface area contributed by atoms with Crippen molar-refractivity contribution in [2.75, 3.05) is 13.6 Å². The molecule has 0 aliphatic rings. The second-order valence-corrected chi connectivity index (χ2v) is 5.07. The highest BCUT2D eigenvalue weighted by molar-refractivity contribution is 6.30. The van der Waals surface area contributed by atoms with E-state index in [1.165, 1.54) is 0 Å². The SMILES string of the molecule is CCC(CC)(CNC)Cc1ccc(Cl)c(F)c1. The Morgan fingerprint density at radius 2 is 1.94 bits per heavy atom. The first-order chi connectivity index (χ1) is 8.06. The average molecular weight is 258 g/mol. The van der Waals surface area contributed by atoms with E-state index < -0.39 is 0 Å². The zero-order chi connectivity index (χ0) is 12.9. The molecule has 1 aromatic carbocycles. The van der Waals surface area contributed by atoms with Crippen LogP contribution in [-0.4, -0.2) is 13.6 Å². The van der Waals surface area contributed by atoms with E-state index in [0.29, 0.717) is 0 Å². The van der Waals surface area contributed by atoms with Gasteiger partial charge in [0.25, 0.3) is 0 Å². The third kappa shape index (κ3) is 3.68. The minimum absolute atomic E-state index is 0.195. The lowest BCUT2D eigenvalue weighted by molar-refractivity contribution is 0.253. The van der Waals surface area contributed by atoms with Crippen LogP contribution in [-0.2, 0) is 6.42 Å². The number of hydrogen-bond donors (Lipinski definition) is 1. The lowest BCUT2D eigenvalue weighted by Gasteiger charge is -2.31. The Bertz CT molecular complexity index is 361. The molecule has 17 heavy (non-hydrogen) atoms. The summed E-state index contributed by atoms with van der Waals surface area (Å²) >= 11 is 5.69. The van der Waals surface area contributed by atoms with Crippen molar-refractivity contribution in [2.45, 2.75) is 33.1 Å². The van der Waals surface area contributed by atoms with Gasteiger partial charge >= 0.3 is 0 Å². The fourth-order valence-corrected chi connectivity index (χ4v) is 2.39. The van der Waals surface area contributed by atoms with Gasteiger partial charge in [-0.05, 0) is 49.4 Å². The van der Waals surface area contributed by atoms with E-state index in [2.05, 4.69) is 19.2 Å². The number of nitrogens with one attached hydrogen (secondary N) is 1. The molecule has 3 heteroatoms. The van der Waals surface area contributed by atoms with Crippen LogP contribution in [0.5, 0.6) is 0 Å². The van der Waals surface area contributed by atoms with Crippen LogP contribution in [0.15, 0.2) is 18.2 Å². The molecule has 0 bridgehead atoms. The van der Waals surface area contributed by atoms with E-state index >= 15 is 0 Å². The number of halogens is 2. The molecule has 1 rings (SSSR count). The first-order valence-electron chi connectivity index (χ1n) is 6.15. The van der Waals surface area contributed by atoms with Gasteiger partial charge in [-0.25, -0.2) is 4.39 Å². The summed E-state index contributed by atoms with van der Waals surface area (Å²) in [7, 11) is 1.96. The van der Waals surface area contributed by atoms with Crippen LogP contribution in [0.3, 0.4) is 0 Å². The fraction of sp³-hybridized carbons (Fsp3) is 0.571. The number of rotatable bonds is 6. The molecule has 0 saturated heterocycles. The Morgan fingerprint density at radius 3 is 2.41 bits per heavy atom. The molecule has 0 fully saturated rings. The van der Waals surface area contributed by atoms with Crippen molar-refractivity contribution in [1.82, 2.24) is 5.32 Å². The van der Waals surface area contributed by atoms with E-state index in [4.69, 9.17) is 11.6 Å². The monoisotopic (exact) mass is 257 g/mol. The average Bonchev–Trinajstić information content (AvgIpc) is 2.33. The molecule has 0 aliphatic carbocycles. The molecule has 96 valence electrons. The van der Waals surface area contributed by atoms with Crippen LogP contribution in [0.25, 0.3) is 0 Å². The maximum absolute atomic E-state index is 13.4. The molecule has 0 saturated carbocycles. The fourth-order valence-electron chi connectivity index (χ4n) is 2.27. The molecular weight excluding hydrogens is 237 g/mol. The van der Waals surface area contributed by atoms with Gasteiger partial charge in [0.05, 0.1) is 5.02 Å². The van der Waals surface area contributed by atoms with Crippen molar-refractivity contribution >= 4 is 11.6 Å². The van der Waals surface area contributed by atoms with Crippen molar-refractivity contribution in [3.63, 3.8) is 0 Å². The molecular formula is C14H21ClFN. The van der Waals surface area contributed by atoms with Crippen LogP contribution < -0.4 is 5.32 Å². The second-order valence-electron chi connectivity index (χ2n) is 4.66. The Balaban J connectivity index is 2.89. The van der Waals surface area contributed by atoms with Gasteiger partial charge in [-0.3, -0.25) is 0 Å². The molecule has 0 unspecified atom stereocenters. The topological polar surface area (TPSA) is 12.0 Å². The van der Waals surface area contributed by atoms with Crippen LogP contribution >= 0.6 is 11.6 Å². The van der Waals surface area contributed by atoms with Crippen molar-refractivity contribution < 1.29 is 4.39 Å². The van der Waals surface area contributed by atoms with E-state index in [1.807, 2.05) is 13.1 Å². The number of benzene rings is 1. The molecule has 0 aliphatic heterocycles. The molecule has 1 aromatic rings. The van der Waals surface area contributed by atoms with Gasteiger partial charge < -0.3 is 5.32 Å². The summed E-state index contributed by atoms with van der Waals surface area (Å²) in [6, 6.07) is 5.11. The molecule has 0 amide bonds. The molecule has 0 aromatic heterocycles. The van der Waals surface area contributed by atoms with Gasteiger partial charge in [0, 0.05) is 6.54 Å². The Morgan fingerprint density at radius 1 is 1.29 bits per heavy atom. The highest BCUT2D eigenvalue weighted by Crippen LogP contribution is 2.31. The summed E-state index contributed by atoms with van der Waals surface area (Å²) in [5, 5.41) is 3.43. The lowest BCUT2D eigenvalue weighted by Crippen LogP contribution is -2.33. The smallest absolute Gasteiger partial charge is 0.142 e. The highest BCUT2D eigenvalue weighted by Gasteiger charge is 2.25. The molecule has 0 heterocycles. The molecule has 0 radical (unpaired) electrons. The summed E-state index contributed by atoms with van der Waals surface area (Å²) in [5.41, 5.74) is 1.22. The normalized spacial score (nSPS) is 11.8. The summed E-state index contributed by atoms with van der Waals surface area (Å²) < 4.78 is 13.4. The molecule has 1 nitrogen and oxygen atoms in total. The second kappa shape index (κ2) is 6.36. The Labute approximate surface area is 108 Å². The first kappa shape index (κ1) is 14.5. The van der Waals surface area contributed by atoms with Crippen molar-refractivity contribution in [2.24, 2.45) is 5.41 Å². The predicted molar refractivity (Wildman–Crippen MR) is 72.1 cm³/mol. The third-order valence-electron chi connectivity index (χ3n) is 3.61. The molecule has 0 spiro atoms.